The van der Waals surface area contributed by atoms with Crippen molar-refractivity contribution in [2.24, 2.45) is 0 Å². The third-order valence-corrected chi connectivity index (χ3v) is 5.52. The number of benzene rings is 2. The molecule has 1 aliphatic rings. The Morgan fingerprint density at radius 2 is 1.71 bits per heavy atom. The first-order chi connectivity index (χ1) is 13.3. The maximum Gasteiger partial charge on any atom is 0.293 e. The summed E-state index contributed by atoms with van der Waals surface area (Å²) < 4.78 is 4.55. The maximum absolute atomic E-state index is 9.60. The van der Waals surface area contributed by atoms with Crippen LogP contribution in [-0.4, -0.2) is 38.3 Å². The summed E-state index contributed by atoms with van der Waals surface area (Å²) in [5.41, 5.74) is 3.73. The summed E-state index contributed by atoms with van der Waals surface area (Å²) in [6.07, 6.45) is 0. The van der Waals surface area contributed by atoms with E-state index >= 15 is 0 Å². The third kappa shape index (κ3) is 7.21. The molecule has 1 fully saturated rings. The predicted molar refractivity (Wildman–Crippen MR) is 118 cm³/mol. The molecule has 3 rings (SSSR count). The number of hydrogen-bond donors (Lipinski definition) is 1. The van der Waals surface area contributed by atoms with Gasteiger partial charge in [0, 0.05) is 36.0 Å². The van der Waals surface area contributed by atoms with Crippen LogP contribution in [-0.2, 0) is 9.53 Å². The van der Waals surface area contributed by atoms with Gasteiger partial charge in [0.05, 0.1) is 5.69 Å². The Morgan fingerprint density at radius 3 is 2.29 bits per heavy atom. The number of piperazine rings is 1. The van der Waals surface area contributed by atoms with Gasteiger partial charge in [-0.05, 0) is 58.4 Å². The summed E-state index contributed by atoms with van der Waals surface area (Å²) in [4.78, 5) is 14.8. The van der Waals surface area contributed by atoms with Crippen LogP contribution in [0.1, 0.15) is 31.9 Å². The van der Waals surface area contributed by atoms with E-state index in [1.165, 1.54) is 26.6 Å². The second-order valence-corrected chi connectivity index (χ2v) is 8.99. The molecule has 0 amide bonds. The van der Waals surface area contributed by atoms with E-state index in [1.54, 1.807) is 0 Å². The largest absolute Gasteiger partial charge is 0.462 e. The van der Waals surface area contributed by atoms with E-state index in [0.717, 1.165) is 26.2 Å². The topological polar surface area (TPSA) is 41.6 Å². The molecule has 1 heterocycles. The fourth-order valence-corrected chi connectivity index (χ4v) is 3.93. The van der Waals surface area contributed by atoms with Gasteiger partial charge >= 0.3 is 0 Å². The van der Waals surface area contributed by atoms with Gasteiger partial charge in [-0.1, -0.05) is 41.6 Å². The fourth-order valence-electron chi connectivity index (χ4n) is 2.89. The summed E-state index contributed by atoms with van der Waals surface area (Å²) in [6, 6.07) is 15.5. The van der Waals surface area contributed by atoms with Gasteiger partial charge in [-0.2, -0.15) is 0 Å². The highest BCUT2D eigenvalue weighted by atomic mass is 32.2. The van der Waals surface area contributed by atoms with Crippen LogP contribution in [0.15, 0.2) is 52.3 Å². The number of para-hydroxylation sites is 1. The monoisotopic (exact) mass is 400 g/mol. The van der Waals surface area contributed by atoms with Crippen LogP contribution in [0.25, 0.3) is 0 Å². The lowest BCUT2D eigenvalue weighted by atomic mass is 10.2. The number of hydrogen-bond acceptors (Lipinski definition) is 5. The van der Waals surface area contributed by atoms with Gasteiger partial charge < -0.3 is 15.0 Å². The maximum atomic E-state index is 9.60. The van der Waals surface area contributed by atoms with Gasteiger partial charge in [-0.25, -0.2) is 0 Å². The van der Waals surface area contributed by atoms with Gasteiger partial charge in [0.25, 0.3) is 6.47 Å². The summed E-state index contributed by atoms with van der Waals surface area (Å²) >= 11 is 1.88. The predicted octanol–water partition coefficient (Wildman–Crippen LogP) is 4.82. The number of aryl methyl sites for hydroxylation is 2. The standard InChI is InChI=1S/C18H22N2S.C5H10O2/c1-14-7-8-17(15(2)13-14)21-18-6-4-3-5-16(18)20-11-9-19-10-12-20;1-5(2,3)7-4-6/h3-8,13,19H,9-12H2,1-2H3;4H,1-3H3. The van der Waals surface area contributed by atoms with Crippen molar-refractivity contribution in [3.05, 3.63) is 53.6 Å². The average molecular weight is 401 g/mol. The molecule has 0 radical (unpaired) electrons. The summed E-state index contributed by atoms with van der Waals surface area (Å²) in [7, 11) is 0. The molecule has 2 aromatic carbocycles. The zero-order valence-corrected chi connectivity index (χ0v) is 18.4. The Hall–Kier alpha value is -1.98. The second-order valence-electron chi connectivity index (χ2n) is 7.90. The Balaban J connectivity index is 0.000000345. The Bertz CT molecular complexity index is 765. The van der Waals surface area contributed by atoms with Crippen LogP contribution in [0.3, 0.4) is 0 Å². The lowest BCUT2D eigenvalue weighted by Crippen LogP contribution is -2.43. The van der Waals surface area contributed by atoms with Gasteiger partial charge in [0.15, 0.2) is 0 Å². The highest BCUT2D eigenvalue weighted by Gasteiger charge is 2.14. The van der Waals surface area contributed by atoms with E-state index < -0.39 is 0 Å². The summed E-state index contributed by atoms with van der Waals surface area (Å²) in [5, 5.41) is 3.42. The van der Waals surface area contributed by atoms with Crippen LogP contribution in [0.5, 0.6) is 0 Å². The van der Waals surface area contributed by atoms with Crippen molar-refractivity contribution in [1.82, 2.24) is 5.32 Å². The number of rotatable bonds is 4. The quantitative estimate of drug-likeness (QED) is 0.745. The molecule has 152 valence electrons. The molecule has 0 saturated carbocycles. The SMILES string of the molecule is CC(C)(C)OC=O.Cc1ccc(Sc2ccccc2N2CCNCC2)c(C)c1. The molecular weight excluding hydrogens is 368 g/mol. The zero-order valence-electron chi connectivity index (χ0n) is 17.6. The smallest absolute Gasteiger partial charge is 0.293 e. The first-order valence-electron chi connectivity index (χ1n) is 9.71. The molecule has 2 aromatic rings. The normalized spacial score (nSPS) is 14.1. The van der Waals surface area contributed by atoms with Gasteiger partial charge in [-0.3, -0.25) is 4.79 Å². The first-order valence-corrected chi connectivity index (χ1v) is 10.5. The summed E-state index contributed by atoms with van der Waals surface area (Å²) in [5.74, 6) is 0. The molecule has 1 N–H and O–H groups in total. The molecule has 28 heavy (non-hydrogen) atoms. The number of carbonyl (C=O) groups is 1. The van der Waals surface area contributed by atoms with Crippen LogP contribution in [0, 0.1) is 13.8 Å². The number of ether oxygens (including phenoxy) is 1. The van der Waals surface area contributed by atoms with E-state index in [9.17, 15) is 4.79 Å². The van der Waals surface area contributed by atoms with Crippen molar-refractivity contribution in [2.45, 2.75) is 50.0 Å². The average Bonchev–Trinajstić information content (AvgIpc) is 2.65. The minimum absolute atomic E-state index is 0.318. The number of carbonyl (C=O) groups excluding carboxylic acids is 1. The molecule has 1 aliphatic heterocycles. The fraction of sp³-hybridized carbons (Fsp3) is 0.435. The Labute approximate surface area is 173 Å². The first kappa shape index (κ1) is 22.3. The highest BCUT2D eigenvalue weighted by molar-refractivity contribution is 7.99. The van der Waals surface area contributed by atoms with Crippen LogP contribution < -0.4 is 10.2 Å². The van der Waals surface area contributed by atoms with E-state index in [4.69, 9.17) is 0 Å². The zero-order chi connectivity index (χ0) is 20.6. The Morgan fingerprint density at radius 1 is 1.04 bits per heavy atom. The molecule has 0 bridgehead atoms. The van der Waals surface area contributed by atoms with E-state index in [0.29, 0.717) is 6.47 Å². The second kappa shape index (κ2) is 10.5. The van der Waals surface area contributed by atoms with E-state index in [1.807, 2.05) is 32.5 Å². The molecular formula is C23H32N2O2S. The van der Waals surface area contributed by atoms with E-state index in [-0.39, 0.29) is 5.60 Å². The van der Waals surface area contributed by atoms with Crippen molar-refractivity contribution in [2.75, 3.05) is 31.1 Å². The number of anilines is 1. The van der Waals surface area contributed by atoms with Crippen molar-refractivity contribution in [3.8, 4) is 0 Å². The molecule has 0 unspecified atom stereocenters. The minimum atomic E-state index is -0.318. The van der Waals surface area contributed by atoms with Gasteiger partial charge in [0.1, 0.15) is 5.60 Å². The molecule has 0 atom stereocenters. The lowest BCUT2D eigenvalue weighted by molar-refractivity contribution is -0.138. The van der Waals surface area contributed by atoms with Crippen molar-refractivity contribution < 1.29 is 9.53 Å². The molecule has 0 spiro atoms. The Kier molecular flexibility index (Phi) is 8.39. The molecule has 1 saturated heterocycles. The molecule has 4 nitrogen and oxygen atoms in total. The van der Waals surface area contributed by atoms with Gasteiger partial charge in [0.2, 0.25) is 0 Å². The minimum Gasteiger partial charge on any atom is -0.462 e. The third-order valence-electron chi connectivity index (χ3n) is 4.27. The van der Waals surface area contributed by atoms with Crippen molar-refractivity contribution in [1.29, 1.82) is 0 Å². The van der Waals surface area contributed by atoms with Crippen LogP contribution in [0.2, 0.25) is 0 Å². The van der Waals surface area contributed by atoms with Crippen LogP contribution in [0.4, 0.5) is 5.69 Å². The van der Waals surface area contributed by atoms with Crippen molar-refractivity contribution >= 4 is 23.9 Å². The lowest BCUT2D eigenvalue weighted by Gasteiger charge is -2.31. The molecule has 5 heteroatoms. The number of nitrogens with one attached hydrogen (secondary N) is 1. The van der Waals surface area contributed by atoms with Crippen LogP contribution >= 0.6 is 11.8 Å². The summed E-state index contributed by atoms with van der Waals surface area (Å²) in [6.45, 7) is 14.6. The highest BCUT2D eigenvalue weighted by Crippen LogP contribution is 2.37. The molecule has 0 aromatic heterocycles. The number of nitrogens with zero attached hydrogens (tertiary/aromatic N) is 1. The van der Waals surface area contributed by atoms with Gasteiger partial charge in [-0.15, -0.1) is 0 Å². The van der Waals surface area contributed by atoms with E-state index in [2.05, 4.69) is 71.3 Å². The van der Waals surface area contributed by atoms with Crippen molar-refractivity contribution in [3.63, 3.8) is 0 Å². The molecule has 0 aliphatic carbocycles.